The predicted molar refractivity (Wildman–Crippen MR) is 120 cm³/mol. The Hall–Kier alpha value is -2.16. The molecule has 150 valence electrons. The van der Waals surface area contributed by atoms with Gasteiger partial charge in [-0.1, -0.05) is 27.5 Å². The smallest absolute Gasteiger partial charge is 0.337 e. The van der Waals surface area contributed by atoms with Crippen LogP contribution in [0.2, 0.25) is 5.02 Å². The van der Waals surface area contributed by atoms with E-state index in [0.717, 1.165) is 14.0 Å². The third kappa shape index (κ3) is 4.39. The van der Waals surface area contributed by atoms with Crippen LogP contribution in [-0.2, 0) is 4.79 Å². The molecule has 0 saturated heterocycles. The van der Waals surface area contributed by atoms with Gasteiger partial charge in [-0.25, -0.2) is 4.79 Å². The Morgan fingerprint density at radius 3 is 2.69 bits per heavy atom. The van der Waals surface area contributed by atoms with Crippen molar-refractivity contribution in [1.29, 1.82) is 0 Å². The van der Waals surface area contributed by atoms with Gasteiger partial charge >= 0.3 is 5.97 Å². The Bertz CT molecular complexity index is 1080. The number of halogens is 3. The SMILES string of the molecule is CCOc1c(Br)cc(Br)cc1C=C1C(=O)N(c2ccc(Cl)c(C(=O)O)c2)N=C1C. The van der Waals surface area contributed by atoms with Gasteiger partial charge < -0.3 is 9.84 Å². The number of ether oxygens (including phenoxy) is 1. The molecule has 1 aliphatic heterocycles. The second-order valence-electron chi connectivity index (χ2n) is 6.07. The first kappa shape index (κ1) is 21.5. The highest BCUT2D eigenvalue weighted by Gasteiger charge is 2.30. The zero-order chi connectivity index (χ0) is 21.3. The van der Waals surface area contributed by atoms with Gasteiger partial charge in [0.2, 0.25) is 0 Å². The molecule has 2 aromatic rings. The molecule has 0 fully saturated rings. The van der Waals surface area contributed by atoms with Gasteiger partial charge in [-0.3, -0.25) is 4.79 Å². The van der Waals surface area contributed by atoms with E-state index in [9.17, 15) is 14.7 Å². The fourth-order valence-electron chi connectivity index (χ4n) is 2.81. The summed E-state index contributed by atoms with van der Waals surface area (Å²) in [6.45, 7) is 4.05. The van der Waals surface area contributed by atoms with E-state index in [4.69, 9.17) is 16.3 Å². The van der Waals surface area contributed by atoms with Crippen molar-refractivity contribution < 1.29 is 19.4 Å². The molecule has 29 heavy (non-hydrogen) atoms. The lowest BCUT2D eigenvalue weighted by molar-refractivity contribution is -0.114. The van der Waals surface area contributed by atoms with Crippen LogP contribution in [0.4, 0.5) is 5.69 Å². The zero-order valence-corrected chi connectivity index (χ0v) is 19.3. The van der Waals surface area contributed by atoms with E-state index in [0.29, 0.717) is 34.9 Å². The fraction of sp³-hybridized carbons (Fsp3) is 0.150. The summed E-state index contributed by atoms with van der Waals surface area (Å²) in [5.41, 5.74) is 1.80. The Balaban J connectivity index is 2.04. The normalized spacial score (nSPS) is 15.1. The topological polar surface area (TPSA) is 79.2 Å². The molecule has 0 saturated carbocycles. The van der Waals surface area contributed by atoms with E-state index in [1.54, 1.807) is 19.1 Å². The van der Waals surface area contributed by atoms with Crippen molar-refractivity contribution in [2.75, 3.05) is 11.6 Å². The number of aromatic carboxylic acids is 1. The number of amides is 1. The van der Waals surface area contributed by atoms with Crippen molar-refractivity contribution in [3.63, 3.8) is 0 Å². The van der Waals surface area contributed by atoms with Crippen molar-refractivity contribution in [3.05, 3.63) is 61.0 Å². The summed E-state index contributed by atoms with van der Waals surface area (Å²) in [6.07, 6.45) is 1.70. The minimum atomic E-state index is -1.18. The van der Waals surface area contributed by atoms with Gasteiger partial charge in [-0.2, -0.15) is 10.1 Å². The van der Waals surface area contributed by atoms with Crippen molar-refractivity contribution >= 4 is 72.8 Å². The average molecular weight is 543 g/mol. The first-order valence-electron chi connectivity index (χ1n) is 8.49. The maximum absolute atomic E-state index is 13.0. The van der Waals surface area contributed by atoms with Crippen LogP contribution in [0.3, 0.4) is 0 Å². The molecule has 6 nitrogen and oxygen atoms in total. The molecule has 0 atom stereocenters. The van der Waals surface area contributed by atoms with Crippen LogP contribution in [0.1, 0.15) is 29.8 Å². The highest BCUT2D eigenvalue weighted by atomic mass is 79.9. The Morgan fingerprint density at radius 1 is 1.31 bits per heavy atom. The van der Waals surface area contributed by atoms with E-state index in [1.807, 2.05) is 19.1 Å². The number of carbonyl (C=O) groups excluding carboxylic acids is 1. The first-order chi connectivity index (χ1) is 13.7. The molecular formula is C20H15Br2ClN2O4. The van der Waals surface area contributed by atoms with Gasteiger partial charge in [0.15, 0.2) is 0 Å². The molecule has 0 aliphatic carbocycles. The summed E-state index contributed by atoms with van der Waals surface area (Å²) in [4.78, 5) is 24.4. The molecule has 2 aromatic carbocycles. The molecule has 1 amide bonds. The van der Waals surface area contributed by atoms with Crippen LogP contribution in [-0.4, -0.2) is 29.3 Å². The lowest BCUT2D eigenvalue weighted by atomic mass is 10.1. The maximum atomic E-state index is 13.0. The summed E-state index contributed by atoms with van der Waals surface area (Å²) in [6, 6.07) is 8.00. The van der Waals surface area contributed by atoms with Crippen LogP contribution < -0.4 is 9.75 Å². The van der Waals surface area contributed by atoms with Crippen LogP contribution in [0.5, 0.6) is 5.75 Å². The quantitative estimate of drug-likeness (QED) is 0.487. The number of anilines is 1. The van der Waals surface area contributed by atoms with E-state index in [-0.39, 0.29) is 16.5 Å². The van der Waals surface area contributed by atoms with E-state index < -0.39 is 5.97 Å². The lowest BCUT2D eigenvalue weighted by Crippen LogP contribution is -2.21. The predicted octanol–water partition coefficient (Wildman–Crippen LogP) is 5.77. The van der Waals surface area contributed by atoms with E-state index in [2.05, 4.69) is 37.0 Å². The molecule has 1 N–H and O–H groups in total. The van der Waals surface area contributed by atoms with Crippen LogP contribution in [0.25, 0.3) is 6.08 Å². The number of carboxylic acids is 1. The summed E-state index contributed by atoms with van der Waals surface area (Å²) in [5, 5.41) is 14.8. The molecular weight excluding hydrogens is 527 g/mol. The van der Waals surface area contributed by atoms with Gasteiger partial charge in [0.25, 0.3) is 5.91 Å². The largest absolute Gasteiger partial charge is 0.492 e. The molecule has 0 bridgehead atoms. The van der Waals surface area contributed by atoms with Crippen molar-refractivity contribution in [3.8, 4) is 5.75 Å². The van der Waals surface area contributed by atoms with Crippen LogP contribution >= 0.6 is 43.5 Å². The first-order valence-corrected chi connectivity index (χ1v) is 10.5. The standard InChI is InChI=1S/C20H15Br2ClN2O4/c1-3-29-18-11(6-12(21)8-16(18)22)7-14-10(2)24-25(19(14)26)13-4-5-17(23)15(9-13)20(27)28/h4-9H,3H2,1-2H3,(H,27,28). The average Bonchev–Trinajstić information content (AvgIpc) is 2.93. The minimum Gasteiger partial charge on any atom is -0.492 e. The summed E-state index contributed by atoms with van der Waals surface area (Å²) in [5.74, 6) is -0.943. The number of nitrogens with zero attached hydrogens (tertiary/aromatic N) is 2. The van der Waals surface area contributed by atoms with Crippen molar-refractivity contribution in [1.82, 2.24) is 0 Å². The maximum Gasteiger partial charge on any atom is 0.337 e. The highest BCUT2D eigenvalue weighted by molar-refractivity contribution is 9.11. The Morgan fingerprint density at radius 2 is 2.03 bits per heavy atom. The number of hydrogen-bond acceptors (Lipinski definition) is 4. The van der Waals surface area contributed by atoms with Crippen molar-refractivity contribution in [2.45, 2.75) is 13.8 Å². The third-order valence-corrected chi connectivity index (χ3v) is 5.49. The number of rotatable bonds is 5. The molecule has 9 heteroatoms. The summed E-state index contributed by atoms with van der Waals surface area (Å²) < 4.78 is 7.28. The number of benzene rings is 2. The lowest BCUT2D eigenvalue weighted by Gasteiger charge is -2.13. The van der Waals surface area contributed by atoms with Gasteiger partial charge in [0, 0.05) is 10.0 Å². The van der Waals surface area contributed by atoms with Gasteiger partial charge in [0.05, 0.1) is 38.6 Å². The number of carboxylic acid groups (broad SMARTS) is 1. The van der Waals surface area contributed by atoms with Crippen molar-refractivity contribution in [2.24, 2.45) is 5.10 Å². The van der Waals surface area contributed by atoms with Gasteiger partial charge in [-0.15, -0.1) is 0 Å². The highest BCUT2D eigenvalue weighted by Crippen LogP contribution is 2.36. The van der Waals surface area contributed by atoms with Gasteiger partial charge in [-0.05, 0) is 66.2 Å². The minimum absolute atomic E-state index is 0.0877. The molecule has 0 spiro atoms. The Kier molecular flexibility index (Phi) is 6.45. The molecule has 0 aromatic heterocycles. The number of hydrogen-bond donors (Lipinski definition) is 1. The van der Waals surface area contributed by atoms with Crippen LogP contribution in [0.15, 0.2) is 50.0 Å². The summed E-state index contributed by atoms with van der Waals surface area (Å²) >= 11 is 12.8. The second kappa shape index (κ2) is 8.69. The molecule has 1 heterocycles. The van der Waals surface area contributed by atoms with E-state index >= 15 is 0 Å². The molecule has 0 unspecified atom stereocenters. The van der Waals surface area contributed by atoms with E-state index in [1.165, 1.54) is 12.1 Å². The molecule has 0 radical (unpaired) electrons. The molecule has 1 aliphatic rings. The number of carbonyl (C=O) groups is 2. The second-order valence-corrected chi connectivity index (χ2v) is 8.25. The monoisotopic (exact) mass is 540 g/mol. The Labute approximate surface area is 189 Å². The summed E-state index contributed by atoms with van der Waals surface area (Å²) in [7, 11) is 0. The zero-order valence-electron chi connectivity index (χ0n) is 15.4. The third-order valence-electron chi connectivity index (χ3n) is 4.11. The van der Waals surface area contributed by atoms with Gasteiger partial charge in [0.1, 0.15) is 5.75 Å². The number of hydrazone groups is 1. The fourth-order valence-corrected chi connectivity index (χ4v) is 4.38. The van der Waals surface area contributed by atoms with Crippen LogP contribution in [0, 0.1) is 0 Å². The molecule has 3 rings (SSSR count).